The molecule has 1 N–H and O–H groups in total. The van der Waals surface area contributed by atoms with Crippen LogP contribution in [0.25, 0.3) is 10.9 Å². The van der Waals surface area contributed by atoms with E-state index in [4.69, 9.17) is 0 Å². The number of hydrogen-bond donors (Lipinski definition) is 1. The van der Waals surface area contributed by atoms with Gasteiger partial charge in [-0.25, -0.2) is 9.97 Å². The van der Waals surface area contributed by atoms with Crippen LogP contribution in [0.1, 0.15) is 29.7 Å². The van der Waals surface area contributed by atoms with E-state index in [0.29, 0.717) is 11.4 Å². The molecule has 0 radical (unpaired) electrons. The zero-order chi connectivity index (χ0) is 19.1. The van der Waals surface area contributed by atoms with Crippen molar-refractivity contribution in [3.63, 3.8) is 0 Å². The van der Waals surface area contributed by atoms with Crippen molar-refractivity contribution in [2.45, 2.75) is 26.1 Å². The second kappa shape index (κ2) is 7.30. The van der Waals surface area contributed by atoms with E-state index in [2.05, 4.69) is 53.8 Å². The van der Waals surface area contributed by atoms with E-state index in [1.165, 1.54) is 19.3 Å². The van der Waals surface area contributed by atoms with Crippen LogP contribution in [0.5, 0.6) is 0 Å². The molecule has 0 amide bonds. The smallest absolute Gasteiger partial charge is 0.363 e. The third-order valence-electron chi connectivity index (χ3n) is 4.18. The summed E-state index contributed by atoms with van der Waals surface area (Å²) < 4.78 is 41.4. The van der Waals surface area contributed by atoms with E-state index in [0.717, 1.165) is 25.0 Å². The van der Waals surface area contributed by atoms with Gasteiger partial charge in [0.25, 0.3) is 0 Å². The Balaban J connectivity index is 2.00. The summed E-state index contributed by atoms with van der Waals surface area (Å²) in [6.45, 7) is 3.31. The maximum absolute atomic E-state index is 13.2. The average molecular weight is 536 g/mol. The van der Waals surface area contributed by atoms with Gasteiger partial charge in [0, 0.05) is 13.4 Å². The summed E-state index contributed by atoms with van der Waals surface area (Å²) in [5.74, 6) is 0.588. The highest BCUT2D eigenvalue weighted by Gasteiger charge is 2.33. The Labute approximate surface area is 170 Å². The van der Waals surface area contributed by atoms with Crippen molar-refractivity contribution in [3.05, 3.63) is 61.4 Å². The van der Waals surface area contributed by atoms with Gasteiger partial charge in [-0.2, -0.15) is 13.2 Å². The standard InChI is InChI=1S/C18H14BrF3IN3/c1-9-11(4-3-5-13(9)18(20,21)22)10(2)26-17-12-6-15(23)14(19)7-16(12)24-8-25-17/h3-8,10H,1-2H3,(H,24,25,26)/t10-/m1/s1. The number of alkyl halides is 3. The molecule has 136 valence electrons. The third kappa shape index (κ3) is 3.80. The molecular formula is C18H14BrF3IN3. The average Bonchev–Trinajstić information content (AvgIpc) is 2.55. The van der Waals surface area contributed by atoms with Gasteiger partial charge in [-0.05, 0) is 81.7 Å². The quantitative estimate of drug-likeness (QED) is 0.389. The maximum atomic E-state index is 13.2. The minimum absolute atomic E-state index is 0.218. The molecule has 26 heavy (non-hydrogen) atoms. The van der Waals surface area contributed by atoms with Gasteiger partial charge >= 0.3 is 6.18 Å². The van der Waals surface area contributed by atoms with Crippen molar-refractivity contribution in [1.82, 2.24) is 9.97 Å². The highest BCUT2D eigenvalue weighted by molar-refractivity contribution is 14.1. The molecule has 0 bridgehead atoms. The van der Waals surface area contributed by atoms with Gasteiger partial charge in [0.1, 0.15) is 12.1 Å². The summed E-state index contributed by atoms with van der Waals surface area (Å²) in [5.41, 5.74) is 0.937. The lowest BCUT2D eigenvalue weighted by atomic mass is 9.97. The highest BCUT2D eigenvalue weighted by atomic mass is 127. The molecule has 8 heteroatoms. The Kier molecular flexibility index (Phi) is 5.43. The molecule has 0 saturated carbocycles. The van der Waals surface area contributed by atoms with Crippen molar-refractivity contribution >= 4 is 55.2 Å². The van der Waals surface area contributed by atoms with Gasteiger partial charge in [-0.15, -0.1) is 0 Å². The van der Waals surface area contributed by atoms with Crippen molar-refractivity contribution in [2.75, 3.05) is 5.32 Å². The molecule has 3 aromatic rings. The van der Waals surface area contributed by atoms with Crippen LogP contribution in [0.2, 0.25) is 0 Å². The molecule has 1 heterocycles. The summed E-state index contributed by atoms with van der Waals surface area (Å²) in [6.07, 6.45) is -2.93. The van der Waals surface area contributed by atoms with E-state index in [9.17, 15) is 13.2 Å². The molecule has 3 nitrogen and oxygen atoms in total. The van der Waals surface area contributed by atoms with Gasteiger partial charge in [-0.3, -0.25) is 0 Å². The molecule has 0 fully saturated rings. The minimum Gasteiger partial charge on any atom is -0.363 e. The summed E-state index contributed by atoms with van der Waals surface area (Å²) in [5, 5.41) is 4.05. The van der Waals surface area contributed by atoms with Crippen LogP contribution < -0.4 is 5.32 Å². The zero-order valence-corrected chi connectivity index (χ0v) is 17.6. The number of hydrogen-bond acceptors (Lipinski definition) is 3. The fourth-order valence-electron chi connectivity index (χ4n) is 2.88. The van der Waals surface area contributed by atoms with E-state index in [1.807, 2.05) is 19.1 Å². The molecule has 2 aromatic carbocycles. The van der Waals surface area contributed by atoms with Crippen molar-refractivity contribution in [2.24, 2.45) is 0 Å². The van der Waals surface area contributed by atoms with Crippen LogP contribution in [-0.2, 0) is 6.18 Å². The Morgan fingerprint density at radius 2 is 1.92 bits per heavy atom. The van der Waals surface area contributed by atoms with E-state index >= 15 is 0 Å². The number of halogens is 5. The van der Waals surface area contributed by atoms with Crippen LogP contribution in [0, 0.1) is 10.5 Å². The van der Waals surface area contributed by atoms with Crippen LogP contribution in [0.15, 0.2) is 41.1 Å². The normalized spacial score (nSPS) is 13.0. The second-order valence-electron chi connectivity index (χ2n) is 5.89. The van der Waals surface area contributed by atoms with Crippen LogP contribution >= 0.6 is 38.5 Å². The fourth-order valence-corrected chi connectivity index (χ4v) is 3.68. The first-order valence-electron chi connectivity index (χ1n) is 7.71. The molecule has 3 rings (SSSR count). The first kappa shape index (κ1) is 19.3. The number of benzene rings is 2. The monoisotopic (exact) mass is 535 g/mol. The maximum Gasteiger partial charge on any atom is 0.416 e. The summed E-state index contributed by atoms with van der Waals surface area (Å²) in [6, 6.07) is 7.72. The third-order valence-corrected chi connectivity index (χ3v) is 6.47. The molecule has 0 aliphatic heterocycles. The number of anilines is 1. The lowest BCUT2D eigenvalue weighted by Crippen LogP contribution is -2.14. The first-order chi connectivity index (χ1) is 12.2. The Morgan fingerprint density at radius 3 is 2.62 bits per heavy atom. The Morgan fingerprint density at radius 1 is 1.19 bits per heavy atom. The molecule has 0 unspecified atom stereocenters. The molecular weight excluding hydrogens is 522 g/mol. The Bertz CT molecular complexity index is 976. The molecule has 1 aromatic heterocycles. The largest absolute Gasteiger partial charge is 0.416 e. The van der Waals surface area contributed by atoms with Crippen molar-refractivity contribution in [1.29, 1.82) is 0 Å². The highest BCUT2D eigenvalue weighted by Crippen LogP contribution is 2.35. The van der Waals surface area contributed by atoms with Crippen LogP contribution in [0.3, 0.4) is 0 Å². The van der Waals surface area contributed by atoms with Crippen molar-refractivity contribution in [3.8, 4) is 0 Å². The zero-order valence-electron chi connectivity index (χ0n) is 13.8. The second-order valence-corrected chi connectivity index (χ2v) is 7.91. The molecule has 0 aliphatic carbocycles. The molecule has 0 saturated heterocycles. The first-order valence-corrected chi connectivity index (χ1v) is 9.58. The van der Waals surface area contributed by atoms with Crippen LogP contribution in [-0.4, -0.2) is 9.97 Å². The summed E-state index contributed by atoms with van der Waals surface area (Å²) in [7, 11) is 0. The van der Waals surface area contributed by atoms with Crippen molar-refractivity contribution < 1.29 is 13.2 Å². The van der Waals surface area contributed by atoms with Gasteiger partial charge in [0.05, 0.1) is 17.1 Å². The van der Waals surface area contributed by atoms with Gasteiger partial charge < -0.3 is 5.32 Å². The van der Waals surface area contributed by atoms with E-state index < -0.39 is 11.7 Å². The van der Waals surface area contributed by atoms with Gasteiger partial charge in [-0.1, -0.05) is 12.1 Å². The molecule has 1 atom stereocenters. The topological polar surface area (TPSA) is 37.8 Å². The summed E-state index contributed by atoms with van der Waals surface area (Å²) in [4.78, 5) is 8.54. The lowest BCUT2D eigenvalue weighted by Gasteiger charge is -2.21. The number of nitrogens with one attached hydrogen (secondary N) is 1. The minimum atomic E-state index is -4.37. The predicted octanol–water partition coefficient (Wildman–Crippen LogP) is 6.50. The number of aromatic nitrogens is 2. The molecule has 0 spiro atoms. The molecule has 0 aliphatic rings. The number of nitrogens with zero attached hydrogens (tertiary/aromatic N) is 2. The predicted molar refractivity (Wildman–Crippen MR) is 108 cm³/mol. The van der Waals surface area contributed by atoms with Crippen LogP contribution in [0.4, 0.5) is 19.0 Å². The van der Waals surface area contributed by atoms with Gasteiger partial charge in [0.2, 0.25) is 0 Å². The summed E-state index contributed by atoms with van der Waals surface area (Å²) >= 11 is 5.67. The number of fused-ring (bicyclic) bond motifs is 1. The SMILES string of the molecule is Cc1c([C@@H](C)Nc2ncnc3cc(Br)c(I)cc23)cccc1C(F)(F)F. The van der Waals surface area contributed by atoms with E-state index in [-0.39, 0.29) is 11.6 Å². The fraction of sp³-hybridized carbons (Fsp3) is 0.222. The van der Waals surface area contributed by atoms with E-state index in [1.54, 1.807) is 6.07 Å². The number of rotatable bonds is 3. The Hall–Kier alpha value is -1.42. The lowest BCUT2D eigenvalue weighted by molar-refractivity contribution is -0.138. The van der Waals surface area contributed by atoms with Gasteiger partial charge in [0.15, 0.2) is 0 Å².